The first-order valence-electron chi connectivity index (χ1n) is 10.2. The fraction of sp³-hybridized carbons (Fsp3) is 0.810. The number of ether oxygens (including phenoxy) is 1. The summed E-state index contributed by atoms with van der Waals surface area (Å²) in [4.78, 5) is 22.7. The molecule has 1 fully saturated rings. The zero-order valence-electron chi connectivity index (χ0n) is 16.3. The van der Waals surface area contributed by atoms with Crippen molar-refractivity contribution in [3.63, 3.8) is 0 Å². The molecule has 1 heterocycles. The van der Waals surface area contributed by atoms with Crippen molar-refractivity contribution in [2.75, 3.05) is 0 Å². The minimum atomic E-state index is -1.02. The summed E-state index contributed by atoms with van der Waals surface area (Å²) in [5.41, 5.74) is 0.0772. The molecule has 0 spiro atoms. The number of carboxylic acids is 1. The summed E-state index contributed by atoms with van der Waals surface area (Å²) in [5.74, 6) is -2.45. The maximum Gasteiger partial charge on any atom is 0.334 e. The van der Waals surface area contributed by atoms with Crippen molar-refractivity contribution in [2.24, 2.45) is 5.92 Å². The van der Waals surface area contributed by atoms with E-state index >= 15 is 0 Å². The molecule has 26 heavy (non-hydrogen) atoms. The fourth-order valence-corrected chi connectivity index (χ4v) is 3.54. The Bertz CT molecular complexity index is 444. The fourth-order valence-electron chi connectivity index (χ4n) is 3.54. The molecule has 1 saturated heterocycles. The smallest absolute Gasteiger partial charge is 0.334 e. The van der Waals surface area contributed by atoms with Crippen LogP contribution in [0.1, 0.15) is 90.4 Å². The van der Waals surface area contributed by atoms with Crippen LogP contribution < -0.4 is 0 Å². The van der Waals surface area contributed by atoms with E-state index in [-0.39, 0.29) is 11.7 Å². The molecular weight excluding hydrogens is 332 g/mol. The number of aliphatic hydroxyl groups excluding tert-OH is 1. The molecular formula is C21H36O5. The quantitative estimate of drug-likeness (QED) is 0.250. The Morgan fingerprint density at radius 1 is 1.00 bits per heavy atom. The van der Waals surface area contributed by atoms with Gasteiger partial charge in [-0.25, -0.2) is 4.79 Å². The Morgan fingerprint density at radius 3 is 1.92 bits per heavy atom. The zero-order chi connectivity index (χ0) is 19.4. The summed E-state index contributed by atoms with van der Waals surface area (Å²) in [5, 5.41) is 18.4. The van der Waals surface area contributed by atoms with E-state index in [1.807, 2.05) is 6.92 Å². The molecule has 0 bridgehead atoms. The average Bonchev–Trinajstić information content (AvgIpc) is 2.86. The summed E-state index contributed by atoms with van der Waals surface area (Å²) in [6, 6.07) is 0. The van der Waals surface area contributed by atoms with Crippen LogP contribution in [0.4, 0.5) is 0 Å². The van der Waals surface area contributed by atoms with Gasteiger partial charge in [-0.2, -0.15) is 0 Å². The highest BCUT2D eigenvalue weighted by Gasteiger charge is 2.42. The Morgan fingerprint density at radius 2 is 1.46 bits per heavy atom. The second-order valence-corrected chi connectivity index (χ2v) is 7.60. The number of aliphatic hydroxyl groups is 1. The van der Waals surface area contributed by atoms with Crippen molar-refractivity contribution in [1.29, 1.82) is 0 Å². The van der Waals surface area contributed by atoms with Gasteiger partial charge in [0.2, 0.25) is 0 Å². The molecule has 0 aromatic rings. The molecule has 1 aliphatic heterocycles. The molecule has 1 rings (SSSR count). The van der Waals surface area contributed by atoms with Crippen molar-refractivity contribution < 1.29 is 24.5 Å². The highest BCUT2D eigenvalue weighted by atomic mass is 16.6. The first kappa shape index (κ1) is 22.7. The van der Waals surface area contributed by atoms with E-state index in [0.717, 1.165) is 32.1 Å². The van der Waals surface area contributed by atoms with Crippen molar-refractivity contribution in [3.8, 4) is 0 Å². The van der Waals surface area contributed by atoms with Crippen molar-refractivity contribution in [1.82, 2.24) is 0 Å². The van der Waals surface area contributed by atoms with Gasteiger partial charge in [-0.1, -0.05) is 70.8 Å². The number of cyclic esters (lactones) is 1. The Hall–Kier alpha value is -1.36. The van der Waals surface area contributed by atoms with Crippen LogP contribution in [0.3, 0.4) is 0 Å². The first-order chi connectivity index (χ1) is 12.4. The second kappa shape index (κ2) is 12.9. The first-order valence-corrected chi connectivity index (χ1v) is 10.2. The topological polar surface area (TPSA) is 83.8 Å². The molecule has 1 aliphatic rings. The number of esters is 1. The summed E-state index contributed by atoms with van der Waals surface area (Å²) in [6.07, 6.45) is 13.8. The number of unbranched alkanes of at least 4 members (excludes halogenated alkanes) is 10. The second-order valence-electron chi connectivity index (χ2n) is 7.60. The van der Waals surface area contributed by atoms with Gasteiger partial charge >= 0.3 is 11.9 Å². The molecule has 0 unspecified atom stereocenters. The molecule has 0 aliphatic carbocycles. The van der Waals surface area contributed by atoms with Crippen LogP contribution in [0, 0.1) is 5.92 Å². The van der Waals surface area contributed by atoms with E-state index < -0.39 is 24.0 Å². The maximum absolute atomic E-state index is 11.5. The predicted octanol–water partition coefficient (Wildman–Crippen LogP) is 4.62. The van der Waals surface area contributed by atoms with Crippen molar-refractivity contribution >= 4 is 11.9 Å². The third-order valence-corrected chi connectivity index (χ3v) is 5.14. The van der Waals surface area contributed by atoms with E-state index in [1.165, 1.54) is 44.9 Å². The molecule has 150 valence electrons. The maximum atomic E-state index is 11.5. The lowest BCUT2D eigenvalue weighted by atomic mass is 9.93. The van der Waals surface area contributed by atoms with Gasteiger partial charge in [0.05, 0.1) is 6.10 Å². The predicted molar refractivity (Wildman–Crippen MR) is 102 cm³/mol. The standard InChI is InChI=1S/C21H36O5/c1-16(22)14-12-10-8-6-4-3-5-7-9-11-13-15-18-19(20(23)24)17(2)21(25)26-18/h16,18-19,22H,2-15H2,1H3,(H,23,24)/t16-,18-,19+/m1/s1. The zero-order valence-corrected chi connectivity index (χ0v) is 16.3. The molecule has 0 radical (unpaired) electrons. The molecule has 2 N–H and O–H groups in total. The summed E-state index contributed by atoms with van der Waals surface area (Å²) in [6.45, 7) is 5.39. The van der Waals surface area contributed by atoms with Crippen molar-refractivity contribution in [2.45, 2.75) is 103 Å². The minimum Gasteiger partial charge on any atom is -0.481 e. The van der Waals surface area contributed by atoms with Crippen LogP contribution in [0.2, 0.25) is 0 Å². The van der Waals surface area contributed by atoms with Crippen molar-refractivity contribution in [3.05, 3.63) is 12.2 Å². The molecule has 0 aromatic heterocycles. The molecule has 0 aromatic carbocycles. The SMILES string of the molecule is C=C1C(=O)O[C@H](CCCCCCCCCCCCC[C@@H](C)O)[C@H]1C(=O)O. The summed E-state index contributed by atoms with van der Waals surface area (Å²) in [7, 11) is 0. The molecule has 5 nitrogen and oxygen atoms in total. The Labute approximate surface area is 157 Å². The highest BCUT2D eigenvalue weighted by Crippen LogP contribution is 2.30. The molecule has 3 atom stereocenters. The van der Waals surface area contributed by atoms with Gasteiger partial charge in [0, 0.05) is 5.57 Å². The third kappa shape index (κ3) is 8.84. The van der Waals surface area contributed by atoms with Crippen LogP contribution >= 0.6 is 0 Å². The van der Waals surface area contributed by atoms with Crippen LogP contribution in [0.15, 0.2) is 12.2 Å². The van der Waals surface area contributed by atoms with Gasteiger partial charge < -0.3 is 14.9 Å². The van der Waals surface area contributed by atoms with Gasteiger partial charge in [0.25, 0.3) is 0 Å². The van der Waals surface area contributed by atoms with Gasteiger partial charge in [0.15, 0.2) is 0 Å². The van der Waals surface area contributed by atoms with Gasteiger partial charge in [-0.3, -0.25) is 4.79 Å². The van der Waals surface area contributed by atoms with Crippen LogP contribution in [-0.2, 0) is 14.3 Å². The van der Waals surface area contributed by atoms with E-state index in [4.69, 9.17) is 4.74 Å². The average molecular weight is 369 g/mol. The largest absolute Gasteiger partial charge is 0.481 e. The number of carbonyl (C=O) groups is 2. The third-order valence-electron chi connectivity index (χ3n) is 5.14. The molecule has 5 heteroatoms. The van der Waals surface area contributed by atoms with Gasteiger partial charge in [-0.15, -0.1) is 0 Å². The number of rotatable bonds is 15. The van der Waals surface area contributed by atoms with E-state index in [9.17, 15) is 19.8 Å². The van der Waals surface area contributed by atoms with Gasteiger partial charge in [0.1, 0.15) is 12.0 Å². The van der Waals surface area contributed by atoms with Crippen LogP contribution in [0.5, 0.6) is 0 Å². The summed E-state index contributed by atoms with van der Waals surface area (Å²) < 4.78 is 5.13. The van der Waals surface area contributed by atoms with E-state index in [1.54, 1.807) is 0 Å². The van der Waals surface area contributed by atoms with Crippen LogP contribution in [0.25, 0.3) is 0 Å². The lowest BCUT2D eigenvalue weighted by molar-refractivity contribution is -0.144. The number of carboxylic acid groups (broad SMARTS) is 1. The lowest BCUT2D eigenvalue weighted by Crippen LogP contribution is -2.24. The normalized spacial score (nSPS) is 21.0. The Kier molecular flexibility index (Phi) is 11.3. The lowest BCUT2D eigenvalue weighted by Gasteiger charge is -2.13. The van der Waals surface area contributed by atoms with E-state index in [2.05, 4.69) is 6.58 Å². The van der Waals surface area contributed by atoms with Crippen LogP contribution in [-0.4, -0.2) is 34.4 Å². The summed E-state index contributed by atoms with van der Waals surface area (Å²) >= 11 is 0. The number of hydrogen-bond acceptors (Lipinski definition) is 4. The number of aliphatic carboxylic acids is 1. The molecule has 0 amide bonds. The number of hydrogen-bond donors (Lipinski definition) is 2. The van der Waals surface area contributed by atoms with Gasteiger partial charge in [-0.05, 0) is 26.2 Å². The Balaban J connectivity index is 1.93. The molecule has 0 saturated carbocycles. The minimum absolute atomic E-state index is 0.0772. The van der Waals surface area contributed by atoms with E-state index in [0.29, 0.717) is 6.42 Å². The highest BCUT2D eigenvalue weighted by molar-refractivity contribution is 5.97. The monoisotopic (exact) mass is 368 g/mol. The number of carbonyl (C=O) groups excluding carboxylic acids is 1.